The van der Waals surface area contributed by atoms with Crippen molar-refractivity contribution in [1.29, 1.82) is 0 Å². The van der Waals surface area contributed by atoms with Gasteiger partial charge in [-0.2, -0.15) is 0 Å². The van der Waals surface area contributed by atoms with Crippen LogP contribution in [0.3, 0.4) is 0 Å². The van der Waals surface area contributed by atoms with Gasteiger partial charge < -0.3 is 20.4 Å². The Morgan fingerprint density at radius 2 is 2.37 bits per heavy atom. The van der Waals surface area contributed by atoms with Crippen LogP contribution in [0.25, 0.3) is 0 Å². The number of morpholine rings is 1. The van der Waals surface area contributed by atoms with Gasteiger partial charge in [0.15, 0.2) is 5.43 Å². The molecule has 2 heterocycles. The molecule has 2 unspecified atom stereocenters. The van der Waals surface area contributed by atoms with E-state index in [4.69, 9.17) is 10.5 Å². The zero-order valence-electron chi connectivity index (χ0n) is 11.2. The molecule has 0 radical (unpaired) electrons. The predicted molar refractivity (Wildman–Crippen MR) is 71.1 cm³/mol. The lowest BCUT2D eigenvalue weighted by molar-refractivity contribution is -0.0426. The van der Waals surface area contributed by atoms with Gasteiger partial charge in [0.25, 0.3) is 5.91 Å². The summed E-state index contributed by atoms with van der Waals surface area (Å²) in [6.45, 7) is 4.90. The normalized spacial score (nSPS) is 23.4. The lowest BCUT2D eigenvalue weighted by Gasteiger charge is -2.37. The van der Waals surface area contributed by atoms with Crippen molar-refractivity contribution in [2.24, 2.45) is 5.73 Å². The maximum absolute atomic E-state index is 12.4. The Morgan fingerprint density at radius 1 is 1.63 bits per heavy atom. The summed E-state index contributed by atoms with van der Waals surface area (Å²) in [5.41, 5.74) is 6.20. The number of nitrogens with zero attached hydrogens (tertiary/aromatic N) is 1. The first-order valence-corrected chi connectivity index (χ1v) is 6.35. The summed E-state index contributed by atoms with van der Waals surface area (Å²) >= 11 is 0. The molecule has 1 aromatic rings. The number of nitrogens with two attached hydrogens (primary N) is 1. The van der Waals surface area contributed by atoms with Crippen molar-refractivity contribution in [2.75, 3.05) is 19.7 Å². The number of pyridine rings is 1. The van der Waals surface area contributed by atoms with Gasteiger partial charge in [-0.05, 0) is 13.8 Å². The number of amides is 1. The zero-order chi connectivity index (χ0) is 14.0. The Balaban J connectivity index is 2.24. The molecule has 0 aromatic carbocycles. The topological polar surface area (TPSA) is 88.4 Å². The van der Waals surface area contributed by atoms with Crippen LogP contribution in [0, 0.1) is 6.92 Å². The second kappa shape index (κ2) is 5.54. The highest BCUT2D eigenvalue weighted by Gasteiger charge is 2.30. The van der Waals surface area contributed by atoms with E-state index in [0.717, 1.165) is 5.69 Å². The first kappa shape index (κ1) is 13.8. The van der Waals surface area contributed by atoms with Gasteiger partial charge in [0, 0.05) is 31.0 Å². The van der Waals surface area contributed by atoms with Crippen molar-refractivity contribution in [3.63, 3.8) is 0 Å². The number of nitrogens with one attached hydrogen (secondary N) is 1. The molecule has 1 fully saturated rings. The standard InChI is InChI=1S/C13H19N3O3/c1-8-3-12(17)11(5-15-8)13(18)16-6-10(4-14)19-7-9(16)2/h3,5,9-10H,4,6-7,14H2,1-2H3,(H,15,17). The zero-order valence-corrected chi connectivity index (χ0v) is 11.2. The Labute approximate surface area is 111 Å². The van der Waals surface area contributed by atoms with E-state index in [2.05, 4.69) is 4.98 Å². The van der Waals surface area contributed by atoms with Crippen LogP contribution in [-0.4, -0.2) is 47.6 Å². The summed E-state index contributed by atoms with van der Waals surface area (Å²) in [5, 5.41) is 0. The van der Waals surface area contributed by atoms with Crippen LogP contribution in [-0.2, 0) is 4.74 Å². The highest BCUT2D eigenvalue weighted by Crippen LogP contribution is 2.13. The van der Waals surface area contributed by atoms with E-state index in [1.54, 1.807) is 11.8 Å². The van der Waals surface area contributed by atoms with Gasteiger partial charge in [-0.1, -0.05) is 0 Å². The average Bonchev–Trinajstić information content (AvgIpc) is 2.38. The van der Waals surface area contributed by atoms with E-state index in [9.17, 15) is 9.59 Å². The summed E-state index contributed by atoms with van der Waals surface area (Å²) in [6.07, 6.45) is 1.31. The van der Waals surface area contributed by atoms with Crippen molar-refractivity contribution in [2.45, 2.75) is 26.0 Å². The summed E-state index contributed by atoms with van der Waals surface area (Å²) in [4.78, 5) is 28.8. The summed E-state index contributed by atoms with van der Waals surface area (Å²) < 4.78 is 5.50. The summed E-state index contributed by atoms with van der Waals surface area (Å²) in [5.74, 6) is -0.268. The number of aryl methyl sites for hydroxylation is 1. The first-order valence-electron chi connectivity index (χ1n) is 6.35. The quantitative estimate of drug-likeness (QED) is 0.779. The highest BCUT2D eigenvalue weighted by molar-refractivity contribution is 5.94. The number of hydrogen-bond acceptors (Lipinski definition) is 4. The molecule has 1 aromatic heterocycles. The SMILES string of the molecule is Cc1cc(=O)c(C(=O)N2CC(CN)OCC2C)c[nH]1. The number of aromatic nitrogens is 1. The largest absolute Gasteiger partial charge is 0.373 e. The fourth-order valence-electron chi connectivity index (χ4n) is 2.14. The molecule has 2 rings (SSSR count). The molecule has 1 saturated heterocycles. The van der Waals surface area contributed by atoms with Gasteiger partial charge in [-0.3, -0.25) is 9.59 Å². The number of H-pyrrole nitrogens is 1. The van der Waals surface area contributed by atoms with Gasteiger partial charge in [0.1, 0.15) is 5.56 Å². The Morgan fingerprint density at radius 3 is 3.00 bits per heavy atom. The van der Waals surface area contributed by atoms with E-state index < -0.39 is 0 Å². The fourth-order valence-corrected chi connectivity index (χ4v) is 2.14. The maximum atomic E-state index is 12.4. The third-order valence-electron chi connectivity index (χ3n) is 3.32. The van der Waals surface area contributed by atoms with E-state index in [1.165, 1.54) is 12.3 Å². The molecule has 3 N–H and O–H groups in total. The van der Waals surface area contributed by atoms with E-state index in [0.29, 0.717) is 19.7 Å². The number of ether oxygens (including phenoxy) is 1. The molecule has 0 spiro atoms. The maximum Gasteiger partial charge on any atom is 0.259 e. The molecule has 104 valence electrons. The van der Waals surface area contributed by atoms with Crippen LogP contribution < -0.4 is 11.2 Å². The minimum absolute atomic E-state index is 0.0593. The fraction of sp³-hybridized carbons (Fsp3) is 0.538. The Kier molecular flexibility index (Phi) is 4.01. The third kappa shape index (κ3) is 2.85. The number of carbonyl (C=O) groups is 1. The summed E-state index contributed by atoms with van der Waals surface area (Å²) in [6, 6.07) is 1.37. The van der Waals surface area contributed by atoms with Crippen LogP contribution in [0.2, 0.25) is 0 Å². The molecule has 19 heavy (non-hydrogen) atoms. The lowest BCUT2D eigenvalue weighted by atomic mass is 10.1. The number of rotatable bonds is 2. The monoisotopic (exact) mass is 265 g/mol. The third-order valence-corrected chi connectivity index (χ3v) is 3.32. The average molecular weight is 265 g/mol. The molecule has 6 heteroatoms. The first-order chi connectivity index (χ1) is 9.02. The van der Waals surface area contributed by atoms with E-state index in [1.807, 2.05) is 6.92 Å². The van der Waals surface area contributed by atoms with Gasteiger partial charge in [0.2, 0.25) is 0 Å². The molecule has 0 saturated carbocycles. The van der Waals surface area contributed by atoms with Crippen molar-refractivity contribution in [3.8, 4) is 0 Å². The van der Waals surface area contributed by atoms with E-state index in [-0.39, 0.29) is 29.0 Å². The highest BCUT2D eigenvalue weighted by atomic mass is 16.5. The minimum Gasteiger partial charge on any atom is -0.373 e. The smallest absolute Gasteiger partial charge is 0.259 e. The molecular weight excluding hydrogens is 246 g/mol. The molecule has 1 amide bonds. The minimum atomic E-state index is -0.268. The van der Waals surface area contributed by atoms with Crippen molar-refractivity contribution in [3.05, 3.63) is 33.7 Å². The Bertz CT molecular complexity index is 526. The molecular formula is C13H19N3O3. The van der Waals surface area contributed by atoms with Gasteiger partial charge in [0.05, 0.1) is 18.8 Å². The lowest BCUT2D eigenvalue weighted by Crippen LogP contribution is -2.53. The molecule has 1 aliphatic heterocycles. The van der Waals surface area contributed by atoms with Crippen molar-refractivity contribution >= 4 is 5.91 Å². The van der Waals surface area contributed by atoms with Crippen LogP contribution in [0.5, 0.6) is 0 Å². The molecule has 1 aliphatic rings. The number of aromatic amines is 1. The van der Waals surface area contributed by atoms with E-state index >= 15 is 0 Å². The van der Waals surface area contributed by atoms with Crippen molar-refractivity contribution in [1.82, 2.24) is 9.88 Å². The Hall–Kier alpha value is -1.66. The van der Waals surface area contributed by atoms with Gasteiger partial charge in [-0.25, -0.2) is 0 Å². The van der Waals surface area contributed by atoms with Gasteiger partial charge >= 0.3 is 0 Å². The second-order valence-electron chi connectivity index (χ2n) is 4.89. The summed E-state index contributed by atoms with van der Waals surface area (Å²) in [7, 11) is 0. The van der Waals surface area contributed by atoms with Crippen LogP contribution in [0.15, 0.2) is 17.1 Å². The second-order valence-corrected chi connectivity index (χ2v) is 4.89. The van der Waals surface area contributed by atoms with Crippen LogP contribution in [0.4, 0.5) is 0 Å². The molecule has 2 atom stereocenters. The predicted octanol–water partition coefficient (Wildman–Crippen LogP) is -0.128. The van der Waals surface area contributed by atoms with Crippen LogP contribution in [0.1, 0.15) is 23.0 Å². The van der Waals surface area contributed by atoms with Crippen molar-refractivity contribution < 1.29 is 9.53 Å². The number of carbonyl (C=O) groups excluding carboxylic acids is 1. The van der Waals surface area contributed by atoms with Gasteiger partial charge in [-0.15, -0.1) is 0 Å². The molecule has 6 nitrogen and oxygen atoms in total. The molecule has 0 aliphatic carbocycles. The van der Waals surface area contributed by atoms with Crippen LogP contribution >= 0.6 is 0 Å². The number of hydrogen-bond donors (Lipinski definition) is 2. The molecule has 0 bridgehead atoms.